The lowest BCUT2D eigenvalue weighted by Crippen LogP contribution is -2.47. The van der Waals surface area contributed by atoms with Crippen LogP contribution in [0, 0.1) is 0 Å². The number of rotatable bonds is 2. The number of fused-ring (bicyclic) bond motifs is 2. The maximum atomic E-state index is 12.5. The summed E-state index contributed by atoms with van der Waals surface area (Å²) >= 11 is 0. The predicted octanol–water partition coefficient (Wildman–Crippen LogP) is 1.92. The second-order valence-electron chi connectivity index (χ2n) is 6.14. The zero-order valence-corrected chi connectivity index (χ0v) is 12.0. The lowest BCUT2D eigenvalue weighted by molar-refractivity contribution is 0.0893. The zero-order valence-electron chi connectivity index (χ0n) is 12.0. The SMILES string of the molecule is O=C(NC1CCN2CCCC2C1)c1n[nH]c2ccccc12. The average molecular weight is 284 g/mol. The quantitative estimate of drug-likeness (QED) is 0.885. The Morgan fingerprint density at radius 2 is 2.19 bits per heavy atom. The summed E-state index contributed by atoms with van der Waals surface area (Å²) in [5.74, 6) is -0.0519. The van der Waals surface area contributed by atoms with Gasteiger partial charge in [0.15, 0.2) is 5.69 Å². The molecule has 5 nitrogen and oxygen atoms in total. The molecular weight excluding hydrogens is 264 g/mol. The highest BCUT2D eigenvalue weighted by Crippen LogP contribution is 2.27. The van der Waals surface area contributed by atoms with Crippen LogP contribution in [0.5, 0.6) is 0 Å². The molecule has 1 aromatic carbocycles. The molecule has 4 rings (SSSR count). The first kappa shape index (κ1) is 12.8. The summed E-state index contributed by atoms with van der Waals surface area (Å²) in [5, 5.41) is 11.2. The van der Waals surface area contributed by atoms with E-state index in [0.29, 0.717) is 11.7 Å². The third-order valence-electron chi connectivity index (χ3n) is 4.84. The number of amides is 1. The van der Waals surface area contributed by atoms with Crippen molar-refractivity contribution in [2.75, 3.05) is 13.1 Å². The number of carbonyl (C=O) groups is 1. The molecule has 21 heavy (non-hydrogen) atoms. The van der Waals surface area contributed by atoms with Gasteiger partial charge in [-0.25, -0.2) is 0 Å². The Morgan fingerprint density at radius 1 is 1.29 bits per heavy atom. The van der Waals surface area contributed by atoms with Crippen molar-refractivity contribution in [1.29, 1.82) is 0 Å². The van der Waals surface area contributed by atoms with Crippen LogP contribution in [0.2, 0.25) is 0 Å². The maximum Gasteiger partial charge on any atom is 0.272 e. The Hall–Kier alpha value is -1.88. The summed E-state index contributed by atoms with van der Waals surface area (Å²) < 4.78 is 0. The molecule has 3 heterocycles. The first-order valence-electron chi connectivity index (χ1n) is 7.79. The number of para-hydroxylation sites is 1. The smallest absolute Gasteiger partial charge is 0.272 e. The van der Waals surface area contributed by atoms with Gasteiger partial charge in [-0.05, 0) is 38.3 Å². The van der Waals surface area contributed by atoms with Crippen molar-refractivity contribution in [1.82, 2.24) is 20.4 Å². The number of benzene rings is 1. The molecule has 2 aliphatic heterocycles. The maximum absolute atomic E-state index is 12.5. The number of piperidine rings is 1. The van der Waals surface area contributed by atoms with Crippen LogP contribution in [0.1, 0.15) is 36.2 Å². The van der Waals surface area contributed by atoms with Crippen molar-refractivity contribution in [3.8, 4) is 0 Å². The highest BCUT2D eigenvalue weighted by atomic mass is 16.2. The summed E-state index contributed by atoms with van der Waals surface area (Å²) in [7, 11) is 0. The van der Waals surface area contributed by atoms with E-state index < -0.39 is 0 Å². The molecule has 0 radical (unpaired) electrons. The topological polar surface area (TPSA) is 61.0 Å². The number of H-pyrrole nitrogens is 1. The van der Waals surface area contributed by atoms with E-state index in [0.717, 1.165) is 30.3 Å². The molecule has 0 bridgehead atoms. The summed E-state index contributed by atoms with van der Waals surface area (Å²) in [6.45, 7) is 2.34. The van der Waals surface area contributed by atoms with Crippen molar-refractivity contribution in [3.05, 3.63) is 30.0 Å². The van der Waals surface area contributed by atoms with Gasteiger partial charge in [-0.2, -0.15) is 5.10 Å². The van der Waals surface area contributed by atoms with Gasteiger partial charge >= 0.3 is 0 Å². The lowest BCUT2D eigenvalue weighted by atomic mass is 9.97. The van der Waals surface area contributed by atoms with Crippen LogP contribution in [0.4, 0.5) is 0 Å². The number of nitrogens with one attached hydrogen (secondary N) is 2. The van der Waals surface area contributed by atoms with Gasteiger partial charge in [-0.1, -0.05) is 18.2 Å². The van der Waals surface area contributed by atoms with Crippen LogP contribution in [0.25, 0.3) is 10.9 Å². The van der Waals surface area contributed by atoms with Crippen molar-refractivity contribution < 1.29 is 4.79 Å². The van der Waals surface area contributed by atoms with E-state index in [2.05, 4.69) is 20.4 Å². The van der Waals surface area contributed by atoms with Gasteiger partial charge in [0.2, 0.25) is 0 Å². The van der Waals surface area contributed by atoms with Gasteiger partial charge < -0.3 is 10.2 Å². The van der Waals surface area contributed by atoms with Crippen molar-refractivity contribution in [2.24, 2.45) is 0 Å². The van der Waals surface area contributed by atoms with Crippen LogP contribution in [0.3, 0.4) is 0 Å². The largest absolute Gasteiger partial charge is 0.348 e. The van der Waals surface area contributed by atoms with Gasteiger partial charge in [0.05, 0.1) is 5.52 Å². The van der Waals surface area contributed by atoms with E-state index in [9.17, 15) is 4.79 Å². The molecule has 2 N–H and O–H groups in total. The standard InChI is InChI=1S/C16H20N4O/c21-16(15-13-5-1-2-6-14(13)18-19-15)17-11-7-9-20-8-3-4-12(20)10-11/h1-2,5-6,11-12H,3-4,7-10H2,(H,17,21)(H,18,19). The molecule has 0 saturated carbocycles. The Bertz CT molecular complexity index is 665. The van der Waals surface area contributed by atoms with Crippen LogP contribution < -0.4 is 5.32 Å². The zero-order chi connectivity index (χ0) is 14.2. The molecular formula is C16H20N4O. The molecule has 2 saturated heterocycles. The number of carbonyl (C=O) groups excluding carboxylic acids is 1. The molecule has 2 unspecified atom stereocenters. The third-order valence-corrected chi connectivity index (χ3v) is 4.84. The number of aromatic nitrogens is 2. The van der Waals surface area contributed by atoms with Crippen LogP contribution >= 0.6 is 0 Å². The van der Waals surface area contributed by atoms with Crippen LogP contribution in [-0.4, -0.2) is 46.2 Å². The minimum absolute atomic E-state index is 0.0519. The Labute approximate surface area is 123 Å². The fourth-order valence-electron chi connectivity index (χ4n) is 3.75. The van der Waals surface area contributed by atoms with E-state index in [4.69, 9.17) is 0 Å². The van der Waals surface area contributed by atoms with Gasteiger partial charge in [0.1, 0.15) is 0 Å². The monoisotopic (exact) mass is 284 g/mol. The Kier molecular flexibility index (Phi) is 3.15. The van der Waals surface area contributed by atoms with E-state index in [1.165, 1.54) is 19.4 Å². The number of hydrogen-bond donors (Lipinski definition) is 2. The molecule has 1 amide bonds. The van der Waals surface area contributed by atoms with Crippen molar-refractivity contribution in [3.63, 3.8) is 0 Å². The minimum atomic E-state index is -0.0519. The first-order valence-corrected chi connectivity index (χ1v) is 7.79. The van der Waals surface area contributed by atoms with Crippen molar-refractivity contribution in [2.45, 2.75) is 37.8 Å². The molecule has 5 heteroatoms. The fraction of sp³-hybridized carbons (Fsp3) is 0.500. The molecule has 0 aliphatic carbocycles. The lowest BCUT2D eigenvalue weighted by Gasteiger charge is -2.35. The summed E-state index contributed by atoms with van der Waals surface area (Å²) in [6.07, 6.45) is 4.70. The second-order valence-corrected chi connectivity index (χ2v) is 6.14. The molecule has 2 atom stereocenters. The van der Waals surface area contributed by atoms with E-state index in [1.807, 2.05) is 24.3 Å². The molecule has 2 fully saturated rings. The number of nitrogens with zero attached hydrogens (tertiary/aromatic N) is 2. The Morgan fingerprint density at radius 3 is 3.14 bits per heavy atom. The Balaban J connectivity index is 1.48. The number of aromatic amines is 1. The van der Waals surface area contributed by atoms with Crippen LogP contribution in [0.15, 0.2) is 24.3 Å². The highest BCUT2D eigenvalue weighted by molar-refractivity contribution is 6.04. The average Bonchev–Trinajstić information content (AvgIpc) is 3.13. The predicted molar refractivity (Wildman–Crippen MR) is 81.2 cm³/mol. The molecule has 2 aromatic rings. The van der Waals surface area contributed by atoms with E-state index >= 15 is 0 Å². The highest BCUT2D eigenvalue weighted by Gasteiger charge is 2.32. The summed E-state index contributed by atoms with van der Waals surface area (Å²) in [4.78, 5) is 15.0. The molecule has 2 aliphatic rings. The molecule has 110 valence electrons. The number of hydrogen-bond acceptors (Lipinski definition) is 3. The third kappa shape index (κ3) is 2.31. The second kappa shape index (κ2) is 5.15. The van der Waals surface area contributed by atoms with Crippen LogP contribution in [-0.2, 0) is 0 Å². The van der Waals surface area contributed by atoms with E-state index in [-0.39, 0.29) is 11.9 Å². The minimum Gasteiger partial charge on any atom is -0.348 e. The van der Waals surface area contributed by atoms with Gasteiger partial charge in [0.25, 0.3) is 5.91 Å². The first-order chi connectivity index (χ1) is 10.3. The van der Waals surface area contributed by atoms with Gasteiger partial charge in [0, 0.05) is 24.0 Å². The van der Waals surface area contributed by atoms with Gasteiger partial charge in [-0.3, -0.25) is 9.89 Å². The summed E-state index contributed by atoms with van der Waals surface area (Å²) in [6, 6.07) is 8.71. The summed E-state index contributed by atoms with van der Waals surface area (Å²) in [5.41, 5.74) is 1.42. The van der Waals surface area contributed by atoms with Crippen molar-refractivity contribution >= 4 is 16.8 Å². The van der Waals surface area contributed by atoms with E-state index in [1.54, 1.807) is 0 Å². The fourth-order valence-corrected chi connectivity index (χ4v) is 3.75. The van der Waals surface area contributed by atoms with Gasteiger partial charge in [-0.15, -0.1) is 0 Å². The molecule has 1 aromatic heterocycles. The normalized spacial score (nSPS) is 25.9. The molecule has 0 spiro atoms.